The van der Waals surface area contributed by atoms with Crippen LogP contribution >= 0.6 is 15.9 Å². The fourth-order valence-electron chi connectivity index (χ4n) is 3.16. The normalized spacial score (nSPS) is 13.5. The minimum Gasteiger partial charge on any atom is -0.384 e. The van der Waals surface area contributed by atoms with Gasteiger partial charge in [0.2, 0.25) is 5.91 Å². The summed E-state index contributed by atoms with van der Waals surface area (Å²) in [6.07, 6.45) is 2.12. The summed E-state index contributed by atoms with van der Waals surface area (Å²) in [6.45, 7) is 3.12. The molecule has 154 valence electrons. The molecule has 0 bridgehead atoms. The molecule has 0 radical (unpaired) electrons. The molecule has 3 heterocycles. The van der Waals surface area contributed by atoms with Gasteiger partial charge in [-0.25, -0.2) is 9.37 Å². The first-order valence-electron chi connectivity index (χ1n) is 9.13. The summed E-state index contributed by atoms with van der Waals surface area (Å²) in [5.41, 5.74) is 9.20. The predicted octanol–water partition coefficient (Wildman–Crippen LogP) is 2.99. The van der Waals surface area contributed by atoms with Gasteiger partial charge in [0.1, 0.15) is 17.7 Å². The van der Waals surface area contributed by atoms with Crippen LogP contribution in [-0.4, -0.2) is 36.7 Å². The number of nitrogen functional groups attached to an aromatic ring is 1. The average molecular weight is 473 g/mol. The Morgan fingerprint density at radius 3 is 2.80 bits per heavy atom. The molecule has 0 aliphatic carbocycles. The number of rotatable bonds is 4. The summed E-state index contributed by atoms with van der Waals surface area (Å²) in [5.74, 6) is -0.569. The standard InChI is InChI=1S/C20H18BrFN6O2/c1-9(26-20(30)10(2)29)17-16(21)18(23)28-19(27-17)14(8-25-28)12-5-11-6-13(22)3-4-15(11)24-7-12/h3-10,29H,23H2,1-2H3,(H,26,30)/t9?,10-/m0/s1. The van der Waals surface area contributed by atoms with E-state index >= 15 is 0 Å². The SMILES string of the molecule is CC(NC(=O)[C@H](C)O)c1nc2c(-c3cnc4ccc(F)cc4c3)cnn2c(N)c1Br. The van der Waals surface area contributed by atoms with Gasteiger partial charge in [0.25, 0.3) is 0 Å². The number of amides is 1. The van der Waals surface area contributed by atoms with Gasteiger partial charge in [0.15, 0.2) is 5.65 Å². The molecule has 1 amide bonds. The van der Waals surface area contributed by atoms with Crippen molar-refractivity contribution in [2.75, 3.05) is 5.73 Å². The largest absolute Gasteiger partial charge is 0.384 e. The smallest absolute Gasteiger partial charge is 0.249 e. The molecule has 0 aliphatic heterocycles. The van der Waals surface area contributed by atoms with Crippen LogP contribution in [0.2, 0.25) is 0 Å². The van der Waals surface area contributed by atoms with Gasteiger partial charge in [-0.1, -0.05) is 0 Å². The van der Waals surface area contributed by atoms with Gasteiger partial charge in [-0.15, -0.1) is 0 Å². The lowest BCUT2D eigenvalue weighted by atomic mass is 10.1. The monoisotopic (exact) mass is 472 g/mol. The van der Waals surface area contributed by atoms with Crippen LogP contribution in [0.5, 0.6) is 0 Å². The first-order chi connectivity index (χ1) is 14.3. The van der Waals surface area contributed by atoms with Crippen molar-refractivity contribution in [1.29, 1.82) is 0 Å². The predicted molar refractivity (Wildman–Crippen MR) is 114 cm³/mol. The van der Waals surface area contributed by atoms with E-state index in [4.69, 9.17) is 5.73 Å². The van der Waals surface area contributed by atoms with Crippen LogP contribution in [0.4, 0.5) is 10.2 Å². The Hall–Kier alpha value is -3.11. The quantitative estimate of drug-likeness (QED) is 0.420. The van der Waals surface area contributed by atoms with E-state index in [1.165, 1.54) is 23.6 Å². The number of anilines is 1. The molecule has 8 nitrogen and oxygen atoms in total. The number of hydrogen-bond acceptors (Lipinski definition) is 6. The Morgan fingerprint density at radius 1 is 1.30 bits per heavy atom. The van der Waals surface area contributed by atoms with E-state index in [9.17, 15) is 14.3 Å². The van der Waals surface area contributed by atoms with Gasteiger partial charge in [-0.05, 0) is 54.0 Å². The molecule has 10 heteroatoms. The number of aliphatic hydroxyl groups excluding tert-OH is 1. The Kier molecular flexibility index (Phi) is 5.12. The summed E-state index contributed by atoms with van der Waals surface area (Å²) in [5, 5.41) is 17.1. The van der Waals surface area contributed by atoms with Crippen LogP contribution in [0.3, 0.4) is 0 Å². The third-order valence-electron chi connectivity index (χ3n) is 4.75. The maximum absolute atomic E-state index is 13.6. The van der Waals surface area contributed by atoms with Crippen molar-refractivity contribution in [3.8, 4) is 11.1 Å². The number of fused-ring (bicyclic) bond motifs is 2. The molecule has 0 saturated heterocycles. The van der Waals surface area contributed by atoms with Gasteiger partial charge in [-0.3, -0.25) is 9.78 Å². The molecule has 0 aliphatic rings. The number of nitrogens with one attached hydrogen (secondary N) is 1. The van der Waals surface area contributed by atoms with E-state index in [1.54, 1.807) is 31.5 Å². The Balaban J connectivity index is 1.84. The highest BCUT2D eigenvalue weighted by atomic mass is 79.9. The summed E-state index contributed by atoms with van der Waals surface area (Å²) in [4.78, 5) is 20.9. The maximum atomic E-state index is 13.6. The van der Waals surface area contributed by atoms with Crippen LogP contribution in [0, 0.1) is 5.82 Å². The molecular formula is C20H18BrFN6O2. The third-order valence-corrected chi connectivity index (χ3v) is 5.56. The zero-order valence-corrected chi connectivity index (χ0v) is 17.7. The summed E-state index contributed by atoms with van der Waals surface area (Å²) >= 11 is 3.42. The minimum atomic E-state index is -1.15. The van der Waals surface area contributed by atoms with E-state index < -0.39 is 18.1 Å². The van der Waals surface area contributed by atoms with Crippen LogP contribution in [0.15, 0.2) is 41.1 Å². The second kappa shape index (κ2) is 7.62. The van der Waals surface area contributed by atoms with Crippen molar-refractivity contribution in [2.24, 2.45) is 0 Å². The Morgan fingerprint density at radius 2 is 2.07 bits per heavy atom. The van der Waals surface area contributed by atoms with E-state index in [1.807, 2.05) is 0 Å². The molecule has 4 N–H and O–H groups in total. The zero-order valence-electron chi connectivity index (χ0n) is 16.1. The first kappa shape index (κ1) is 20.2. The molecule has 0 spiro atoms. The average Bonchev–Trinajstić information content (AvgIpc) is 3.13. The molecule has 4 aromatic rings. The number of aromatic nitrogens is 4. The van der Waals surface area contributed by atoms with Gasteiger partial charge in [0, 0.05) is 22.7 Å². The van der Waals surface area contributed by atoms with Crippen molar-refractivity contribution < 1.29 is 14.3 Å². The molecule has 0 saturated carbocycles. The van der Waals surface area contributed by atoms with Crippen molar-refractivity contribution in [2.45, 2.75) is 26.0 Å². The molecule has 2 atom stereocenters. The second-order valence-electron chi connectivity index (χ2n) is 6.96. The van der Waals surface area contributed by atoms with Crippen LogP contribution in [-0.2, 0) is 4.79 Å². The molecule has 1 unspecified atom stereocenters. The van der Waals surface area contributed by atoms with Crippen LogP contribution in [0.1, 0.15) is 25.6 Å². The highest BCUT2D eigenvalue weighted by Crippen LogP contribution is 2.33. The van der Waals surface area contributed by atoms with Crippen molar-refractivity contribution in [3.05, 3.63) is 52.6 Å². The lowest BCUT2D eigenvalue weighted by Crippen LogP contribution is -2.35. The first-order valence-corrected chi connectivity index (χ1v) is 9.92. The van der Waals surface area contributed by atoms with E-state index in [0.717, 1.165) is 0 Å². The van der Waals surface area contributed by atoms with Crippen LogP contribution in [0.25, 0.3) is 27.7 Å². The third kappa shape index (κ3) is 3.48. The molecule has 3 aromatic heterocycles. The van der Waals surface area contributed by atoms with Crippen LogP contribution < -0.4 is 11.1 Å². The zero-order chi connectivity index (χ0) is 21.6. The molecule has 4 rings (SSSR count). The number of halogens is 2. The molecule has 30 heavy (non-hydrogen) atoms. The Labute approximate surface area is 179 Å². The van der Waals surface area contributed by atoms with Crippen molar-refractivity contribution >= 4 is 44.2 Å². The summed E-state index contributed by atoms with van der Waals surface area (Å²) in [6, 6.07) is 5.66. The minimum absolute atomic E-state index is 0.305. The fourth-order valence-corrected chi connectivity index (χ4v) is 3.76. The second-order valence-corrected chi connectivity index (χ2v) is 7.75. The summed E-state index contributed by atoms with van der Waals surface area (Å²) in [7, 11) is 0. The summed E-state index contributed by atoms with van der Waals surface area (Å²) < 4.78 is 15.6. The topological polar surface area (TPSA) is 118 Å². The lowest BCUT2D eigenvalue weighted by molar-refractivity contribution is -0.129. The highest BCUT2D eigenvalue weighted by molar-refractivity contribution is 9.10. The number of nitrogens with two attached hydrogens (primary N) is 1. The number of pyridine rings is 1. The van der Waals surface area contributed by atoms with Crippen molar-refractivity contribution in [1.82, 2.24) is 24.9 Å². The lowest BCUT2D eigenvalue weighted by Gasteiger charge is -2.17. The van der Waals surface area contributed by atoms with Gasteiger partial charge in [-0.2, -0.15) is 9.61 Å². The number of carbonyl (C=O) groups excluding carboxylic acids is 1. The molecule has 1 aromatic carbocycles. The number of carbonyl (C=O) groups is 1. The van der Waals surface area contributed by atoms with E-state index in [0.29, 0.717) is 43.7 Å². The van der Waals surface area contributed by atoms with Gasteiger partial charge >= 0.3 is 0 Å². The molecular weight excluding hydrogens is 455 g/mol. The number of benzene rings is 1. The molecule has 0 fully saturated rings. The number of hydrogen-bond donors (Lipinski definition) is 3. The highest BCUT2D eigenvalue weighted by Gasteiger charge is 2.22. The maximum Gasteiger partial charge on any atom is 0.249 e. The Bertz CT molecular complexity index is 1290. The fraction of sp³-hybridized carbons (Fsp3) is 0.200. The number of nitrogens with zero attached hydrogens (tertiary/aromatic N) is 4. The van der Waals surface area contributed by atoms with E-state index in [2.05, 4.69) is 36.3 Å². The van der Waals surface area contributed by atoms with E-state index in [-0.39, 0.29) is 5.82 Å². The van der Waals surface area contributed by atoms with Gasteiger partial charge in [0.05, 0.1) is 27.9 Å². The van der Waals surface area contributed by atoms with Gasteiger partial charge < -0.3 is 16.2 Å². The van der Waals surface area contributed by atoms with Crippen molar-refractivity contribution in [3.63, 3.8) is 0 Å². The number of aliphatic hydroxyl groups is 1.